The van der Waals surface area contributed by atoms with E-state index in [0.29, 0.717) is 23.5 Å². The number of aromatic nitrogens is 3. The van der Waals surface area contributed by atoms with Crippen LogP contribution in [0.3, 0.4) is 0 Å². The van der Waals surface area contributed by atoms with Gasteiger partial charge in [-0.2, -0.15) is 5.10 Å². The second-order valence-corrected chi connectivity index (χ2v) is 7.82. The number of amides is 1. The first kappa shape index (κ1) is 20.8. The Morgan fingerprint density at radius 3 is 2.68 bits per heavy atom. The topological polar surface area (TPSA) is 86.1 Å². The number of pyridine rings is 1. The van der Waals surface area contributed by atoms with Crippen molar-refractivity contribution in [2.24, 2.45) is 0 Å². The second-order valence-electron chi connectivity index (χ2n) is 6.52. The zero-order valence-electron chi connectivity index (χ0n) is 16.2. The van der Waals surface area contributed by atoms with Gasteiger partial charge in [0.15, 0.2) is 11.8 Å². The molecule has 0 spiro atoms. The molecule has 156 valence electrons. The SMILES string of the molecule is O=C(COC(=O)c1cn(Cc2ccccc2)nc1-c1cccs1)Nc1cccnc1Cl. The lowest BCUT2D eigenvalue weighted by atomic mass is 10.2. The molecule has 0 saturated carbocycles. The number of esters is 1. The summed E-state index contributed by atoms with van der Waals surface area (Å²) in [4.78, 5) is 29.7. The zero-order chi connectivity index (χ0) is 21.6. The smallest absolute Gasteiger partial charge is 0.342 e. The number of carbonyl (C=O) groups excluding carboxylic acids is 2. The Hall–Kier alpha value is -3.49. The summed E-state index contributed by atoms with van der Waals surface area (Å²) >= 11 is 7.40. The van der Waals surface area contributed by atoms with Gasteiger partial charge in [-0.25, -0.2) is 9.78 Å². The number of nitrogens with zero attached hydrogens (tertiary/aromatic N) is 3. The van der Waals surface area contributed by atoms with Gasteiger partial charge in [0.2, 0.25) is 0 Å². The minimum absolute atomic E-state index is 0.157. The summed E-state index contributed by atoms with van der Waals surface area (Å²) < 4.78 is 6.93. The highest BCUT2D eigenvalue weighted by molar-refractivity contribution is 7.13. The maximum absolute atomic E-state index is 12.8. The first-order valence-corrected chi connectivity index (χ1v) is 10.6. The number of thiophene rings is 1. The van der Waals surface area contributed by atoms with E-state index < -0.39 is 18.5 Å². The Morgan fingerprint density at radius 2 is 1.94 bits per heavy atom. The van der Waals surface area contributed by atoms with Gasteiger partial charge in [-0.15, -0.1) is 11.3 Å². The van der Waals surface area contributed by atoms with Gasteiger partial charge in [-0.3, -0.25) is 9.48 Å². The van der Waals surface area contributed by atoms with Crippen LogP contribution in [0.2, 0.25) is 5.15 Å². The monoisotopic (exact) mass is 452 g/mol. The maximum atomic E-state index is 12.8. The number of nitrogens with one attached hydrogen (secondary N) is 1. The van der Waals surface area contributed by atoms with Crippen LogP contribution < -0.4 is 5.32 Å². The highest BCUT2D eigenvalue weighted by Gasteiger charge is 2.21. The highest BCUT2D eigenvalue weighted by atomic mass is 35.5. The van der Waals surface area contributed by atoms with Crippen molar-refractivity contribution in [2.75, 3.05) is 11.9 Å². The van der Waals surface area contributed by atoms with Gasteiger partial charge in [-0.1, -0.05) is 48.0 Å². The lowest BCUT2D eigenvalue weighted by Crippen LogP contribution is -2.21. The van der Waals surface area contributed by atoms with Crippen LogP contribution in [0.4, 0.5) is 5.69 Å². The van der Waals surface area contributed by atoms with Crippen LogP contribution in [0.25, 0.3) is 10.6 Å². The molecule has 0 aliphatic rings. The third-order valence-corrected chi connectivity index (χ3v) is 5.47. The molecule has 4 aromatic rings. The normalized spacial score (nSPS) is 10.6. The van der Waals surface area contributed by atoms with E-state index in [2.05, 4.69) is 15.4 Å². The molecule has 7 nitrogen and oxygen atoms in total. The van der Waals surface area contributed by atoms with Gasteiger partial charge < -0.3 is 10.1 Å². The van der Waals surface area contributed by atoms with Crippen molar-refractivity contribution in [3.63, 3.8) is 0 Å². The average molecular weight is 453 g/mol. The molecule has 31 heavy (non-hydrogen) atoms. The molecule has 3 aromatic heterocycles. The van der Waals surface area contributed by atoms with Crippen molar-refractivity contribution < 1.29 is 14.3 Å². The van der Waals surface area contributed by atoms with Crippen molar-refractivity contribution >= 4 is 40.5 Å². The van der Waals surface area contributed by atoms with Gasteiger partial charge in [0, 0.05) is 12.4 Å². The van der Waals surface area contributed by atoms with Gasteiger partial charge >= 0.3 is 5.97 Å². The third-order valence-electron chi connectivity index (χ3n) is 4.29. The fraction of sp³-hybridized carbons (Fsp3) is 0.0909. The molecule has 0 aliphatic heterocycles. The lowest BCUT2D eigenvalue weighted by molar-refractivity contribution is -0.119. The molecular weight excluding hydrogens is 436 g/mol. The van der Waals surface area contributed by atoms with Crippen LogP contribution in [0.1, 0.15) is 15.9 Å². The first-order chi connectivity index (χ1) is 15.1. The fourth-order valence-electron chi connectivity index (χ4n) is 2.89. The molecule has 0 bridgehead atoms. The molecule has 9 heteroatoms. The zero-order valence-corrected chi connectivity index (χ0v) is 17.8. The Morgan fingerprint density at radius 1 is 1.10 bits per heavy atom. The van der Waals surface area contributed by atoms with E-state index in [1.165, 1.54) is 17.5 Å². The van der Waals surface area contributed by atoms with Crippen LogP contribution in [0, 0.1) is 0 Å². The predicted molar refractivity (Wildman–Crippen MR) is 119 cm³/mol. The van der Waals surface area contributed by atoms with E-state index in [9.17, 15) is 9.59 Å². The number of rotatable bonds is 7. The number of ether oxygens (including phenoxy) is 1. The summed E-state index contributed by atoms with van der Waals surface area (Å²) in [5.74, 6) is -1.15. The molecule has 0 unspecified atom stereocenters. The minimum atomic E-state index is -0.629. The Balaban J connectivity index is 1.48. The van der Waals surface area contributed by atoms with Crippen molar-refractivity contribution in [1.29, 1.82) is 0 Å². The summed E-state index contributed by atoms with van der Waals surface area (Å²) in [6.07, 6.45) is 3.15. The van der Waals surface area contributed by atoms with Crippen molar-refractivity contribution in [3.8, 4) is 10.6 Å². The number of hydrogen-bond acceptors (Lipinski definition) is 6. The largest absolute Gasteiger partial charge is 0.452 e. The molecule has 3 heterocycles. The van der Waals surface area contributed by atoms with Gasteiger partial charge in [0.25, 0.3) is 5.91 Å². The Labute approximate surface area is 187 Å². The van der Waals surface area contributed by atoms with E-state index in [4.69, 9.17) is 16.3 Å². The van der Waals surface area contributed by atoms with Crippen molar-refractivity contribution in [1.82, 2.24) is 14.8 Å². The molecule has 0 aliphatic carbocycles. The minimum Gasteiger partial charge on any atom is -0.452 e. The van der Waals surface area contributed by atoms with Crippen LogP contribution in [-0.4, -0.2) is 33.2 Å². The molecule has 0 radical (unpaired) electrons. The lowest BCUT2D eigenvalue weighted by Gasteiger charge is -2.07. The summed E-state index contributed by atoms with van der Waals surface area (Å²) in [6.45, 7) is 0.0459. The molecule has 1 amide bonds. The van der Waals surface area contributed by atoms with E-state index in [-0.39, 0.29) is 5.15 Å². The van der Waals surface area contributed by atoms with Gasteiger partial charge in [0.05, 0.1) is 17.1 Å². The van der Waals surface area contributed by atoms with Gasteiger partial charge in [0.1, 0.15) is 11.3 Å². The predicted octanol–water partition coefficient (Wildman–Crippen LogP) is 4.50. The Bertz CT molecular complexity index is 1190. The van der Waals surface area contributed by atoms with Crippen molar-refractivity contribution in [2.45, 2.75) is 6.54 Å². The molecular formula is C22H17ClN4O3S. The number of anilines is 1. The standard InChI is InChI=1S/C22H17ClN4O3S/c23-21-17(8-4-10-24-21)25-19(28)14-30-22(29)16-13-27(12-15-6-2-1-3-7-15)26-20(16)18-9-5-11-31-18/h1-11,13H,12,14H2,(H,25,28). The summed E-state index contributed by atoms with van der Waals surface area (Å²) in [6, 6.07) is 16.8. The van der Waals surface area contributed by atoms with Crippen LogP contribution in [0.5, 0.6) is 0 Å². The average Bonchev–Trinajstić information content (AvgIpc) is 3.44. The molecule has 1 aromatic carbocycles. The third kappa shape index (κ3) is 5.17. The van der Waals surface area contributed by atoms with Crippen LogP contribution in [-0.2, 0) is 16.1 Å². The van der Waals surface area contributed by atoms with Gasteiger partial charge in [-0.05, 0) is 29.1 Å². The second kappa shape index (κ2) is 9.55. The van der Waals surface area contributed by atoms with Crippen LogP contribution >= 0.6 is 22.9 Å². The molecule has 0 saturated heterocycles. The highest BCUT2D eigenvalue weighted by Crippen LogP contribution is 2.27. The van der Waals surface area contributed by atoms with E-state index in [1.807, 2.05) is 47.8 Å². The summed E-state index contributed by atoms with van der Waals surface area (Å²) in [5.41, 5.74) is 2.22. The number of hydrogen-bond donors (Lipinski definition) is 1. The van der Waals surface area contributed by atoms with E-state index >= 15 is 0 Å². The first-order valence-electron chi connectivity index (χ1n) is 9.33. The fourth-order valence-corrected chi connectivity index (χ4v) is 3.78. The summed E-state index contributed by atoms with van der Waals surface area (Å²) in [5, 5.41) is 9.21. The number of benzene rings is 1. The maximum Gasteiger partial charge on any atom is 0.342 e. The van der Waals surface area contributed by atoms with E-state index in [1.54, 1.807) is 23.0 Å². The van der Waals surface area contributed by atoms with E-state index in [0.717, 1.165) is 10.4 Å². The van der Waals surface area contributed by atoms with Crippen molar-refractivity contribution in [3.05, 3.63) is 88.7 Å². The number of halogens is 1. The quantitative estimate of drug-likeness (QED) is 0.329. The molecule has 1 N–H and O–H groups in total. The molecule has 0 atom stereocenters. The summed E-state index contributed by atoms with van der Waals surface area (Å²) in [7, 11) is 0. The number of carbonyl (C=O) groups is 2. The Kier molecular flexibility index (Phi) is 6.40. The molecule has 0 fully saturated rings. The van der Waals surface area contributed by atoms with Crippen LogP contribution in [0.15, 0.2) is 72.4 Å². The molecule has 4 rings (SSSR count).